The molecule has 0 bridgehead atoms. The number of ether oxygens (including phenoxy) is 3. The maximum atomic E-state index is 12.6. The maximum Gasteiger partial charge on any atom is 0.241 e. The summed E-state index contributed by atoms with van der Waals surface area (Å²) in [7, 11) is 5.17. The average molecular weight is 386 g/mol. The van der Waals surface area contributed by atoms with Crippen LogP contribution in [-0.4, -0.2) is 44.7 Å². The molecule has 2 rings (SSSR count). The van der Waals surface area contributed by atoms with E-state index in [0.717, 1.165) is 22.6 Å². The number of rotatable bonds is 9. The third kappa shape index (κ3) is 5.39. The molecule has 6 heteroatoms. The Hall–Kier alpha value is -2.73. The summed E-state index contributed by atoms with van der Waals surface area (Å²) < 4.78 is 16.2. The Balaban J connectivity index is 2.03. The Labute approximate surface area is 167 Å². The van der Waals surface area contributed by atoms with Gasteiger partial charge in [-0.15, -0.1) is 0 Å². The van der Waals surface area contributed by atoms with Crippen molar-refractivity contribution in [2.75, 3.05) is 33.2 Å². The molecule has 0 aliphatic heterocycles. The summed E-state index contributed by atoms with van der Waals surface area (Å²) in [5.41, 5.74) is 2.92. The van der Waals surface area contributed by atoms with E-state index in [0.29, 0.717) is 24.7 Å². The van der Waals surface area contributed by atoms with Gasteiger partial charge in [0.25, 0.3) is 0 Å². The van der Waals surface area contributed by atoms with Crippen LogP contribution in [0, 0.1) is 6.92 Å². The van der Waals surface area contributed by atoms with Crippen LogP contribution < -0.4 is 19.5 Å². The second-order valence-electron chi connectivity index (χ2n) is 6.67. The van der Waals surface area contributed by atoms with Crippen LogP contribution in [0.5, 0.6) is 17.2 Å². The molecule has 6 nitrogen and oxygen atoms in total. The average Bonchev–Trinajstić information content (AvgIpc) is 2.70. The summed E-state index contributed by atoms with van der Waals surface area (Å²) in [6.45, 7) is 7.08. The second kappa shape index (κ2) is 9.99. The highest BCUT2D eigenvalue weighted by Gasteiger charge is 2.20. The van der Waals surface area contributed by atoms with Crippen LogP contribution in [0.25, 0.3) is 0 Å². The van der Waals surface area contributed by atoms with Crippen LogP contribution in [0.1, 0.15) is 25.0 Å². The molecule has 0 unspecified atom stereocenters. The van der Waals surface area contributed by atoms with E-state index >= 15 is 0 Å². The molecule has 0 aromatic heterocycles. The molecule has 0 spiro atoms. The fourth-order valence-corrected chi connectivity index (χ4v) is 2.85. The number of nitrogens with zero attached hydrogens (tertiary/aromatic N) is 1. The molecule has 0 saturated carbocycles. The number of amides is 1. The predicted molar refractivity (Wildman–Crippen MR) is 111 cm³/mol. The lowest BCUT2D eigenvalue weighted by Crippen LogP contribution is -2.39. The molecule has 1 amide bonds. The van der Waals surface area contributed by atoms with Gasteiger partial charge in [-0.2, -0.15) is 0 Å². The number of nitrogens with one attached hydrogen (secondary N) is 1. The van der Waals surface area contributed by atoms with Crippen molar-refractivity contribution >= 4 is 11.6 Å². The van der Waals surface area contributed by atoms with Crippen molar-refractivity contribution in [1.82, 2.24) is 4.90 Å². The van der Waals surface area contributed by atoms with Gasteiger partial charge in [0.15, 0.2) is 11.5 Å². The molecule has 1 atom stereocenters. The summed E-state index contributed by atoms with van der Waals surface area (Å²) >= 11 is 0. The number of aryl methyl sites for hydroxylation is 1. The smallest absolute Gasteiger partial charge is 0.241 e. The van der Waals surface area contributed by atoms with E-state index in [2.05, 4.69) is 5.32 Å². The van der Waals surface area contributed by atoms with Crippen molar-refractivity contribution < 1.29 is 19.0 Å². The second-order valence-corrected chi connectivity index (χ2v) is 6.67. The molecule has 0 heterocycles. The molecule has 0 fully saturated rings. The molecule has 0 radical (unpaired) electrons. The third-order valence-corrected chi connectivity index (χ3v) is 4.74. The van der Waals surface area contributed by atoms with Gasteiger partial charge in [0.05, 0.1) is 26.9 Å². The van der Waals surface area contributed by atoms with Crippen LogP contribution in [0.4, 0.5) is 5.69 Å². The topological polar surface area (TPSA) is 60.0 Å². The number of hydrogen-bond acceptors (Lipinski definition) is 5. The van der Waals surface area contributed by atoms with Crippen LogP contribution in [0.2, 0.25) is 0 Å². The van der Waals surface area contributed by atoms with E-state index in [9.17, 15) is 4.79 Å². The van der Waals surface area contributed by atoms with Gasteiger partial charge in [0.2, 0.25) is 5.91 Å². The van der Waals surface area contributed by atoms with Gasteiger partial charge in [-0.25, -0.2) is 0 Å². The van der Waals surface area contributed by atoms with E-state index in [1.165, 1.54) is 0 Å². The summed E-state index contributed by atoms with van der Waals surface area (Å²) in [6, 6.07) is 11.0. The number of hydrogen-bond donors (Lipinski definition) is 1. The van der Waals surface area contributed by atoms with Crippen molar-refractivity contribution in [2.24, 2.45) is 0 Å². The first-order chi connectivity index (χ1) is 13.4. The van der Waals surface area contributed by atoms with E-state index < -0.39 is 0 Å². The van der Waals surface area contributed by atoms with E-state index in [4.69, 9.17) is 14.2 Å². The molecule has 0 aliphatic rings. The van der Waals surface area contributed by atoms with Crippen LogP contribution >= 0.6 is 0 Å². The molecule has 152 valence electrons. The highest BCUT2D eigenvalue weighted by atomic mass is 16.5. The van der Waals surface area contributed by atoms with Gasteiger partial charge in [0, 0.05) is 12.2 Å². The van der Waals surface area contributed by atoms with Crippen LogP contribution in [0.3, 0.4) is 0 Å². The molecule has 0 saturated heterocycles. The lowest BCUT2D eigenvalue weighted by molar-refractivity contribution is -0.120. The number of carbonyl (C=O) groups is 1. The first kappa shape index (κ1) is 21.6. The van der Waals surface area contributed by atoms with Gasteiger partial charge in [-0.1, -0.05) is 0 Å². The highest BCUT2D eigenvalue weighted by molar-refractivity contribution is 5.94. The molecule has 1 N–H and O–H groups in total. The summed E-state index contributed by atoms with van der Waals surface area (Å²) in [4.78, 5) is 14.6. The summed E-state index contributed by atoms with van der Waals surface area (Å²) in [6.07, 6.45) is 0. The van der Waals surface area contributed by atoms with Crippen LogP contribution in [-0.2, 0) is 11.3 Å². The number of carbonyl (C=O) groups excluding carboxylic acids is 1. The Morgan fingerprint density at radius 3 is 2.29 bits per heavy atom. The standard InChI is InChI=1S/C22H30N2O4/c1-7-28-19-10-8-18(9-11-19)23-22(25)16(3)24(4)14-17-13-21(27-6)20(26-5)12-15(17)2/h8-13,16H,7,14H2,1-6H3,(H,23,25)/t16-/m0/s1. The first-order valence-corrected chi connectivity index (χ1v) is 9.35. The predicted octanol–water partition coefficient (Wildman–Crippen LogP) is 3.87. The number of methoxy groups -OCH3 is 2. The van der Waals surface area contributed by atoms with E-state index in [1.807, 2.05) is 69.1 Å². The van der Waals surface area contributed by atoms with Crippen molar-refractivity contribution in [3.05, 3.63) is 47.5 Å². The monoisotopic (exact) mass is 386 g/mol. The third-order valence-electron chi connectivity index (χ3n) is 4.74. The summed E-state index contributed by atoms with van der Waals surface area (Å²) in [5, 5.41) is 2.95. The summed E-state index contributed by atoms with van der Waals surface area (Å²) in [5.74, 6) is 2.11. The zero-order valence-corrected chi connectivity index (χ0v) is 17.5. The first-order valence-electron chi connectivity index (χ1n) is 9.35. The molecule has 2 aromatic carbocycles. The fraction of sp³-hybridized carbons (Fsp3) is 0.409. The minimum Gasteiger partial charge on any atom is -0.494 e. The van der Waals surface area contributed by atoms with Crippen molar-refractivity contribution in [3.63, 3.8) is 0 Å². The number of anilines is 1. The Kier molecular flexibility index (Phi) is 7.70. The van der Waals surface area contributed by atoms with E-state index in [-0.39, 0.29) is 11.9 Å². The van der Waals surface area contributed by atoms with Crippen molar-refractivity contribution in [2.45, 2.75) is 33.4 Å². The normalized spacial score (nSPS) is 11.8. The largest absolute Gasteiger partial charge is 0.494 e. The number of benzene rings is 2. The highest BCUT2D eigenvalue weighted by Crippen LogP contribution is 2.31. The van der Waals surface area contributed by atoms with Gasteiger partial charge in [-0.3, -0.25) is 9.69 Å². The SMILES string of the molecule is CCOc1ccc(NC(=O)[C@H](C)N(C)Cc2cc(OC)c(OC)cc2C)cc1. The van der Waals surface area contributed by atoms with Gasteiger partial charge < -0.3 is 19.5 Å². The lowest BCUT2D eigenvalue weighted by atomic mass is 10.1. The molecular formula is C22H30N2O4. The van der Waals surface area contributed by atoms with Crippen molar-refractivity contribution in [3.8, 4) is 17.2 Å². The molecule has 0 aliphatic carbocycles. The quantitative estimate of drug-likeness (QED) is 0.709. The van der Waals surface area contributed by atoms with Gasteiger partial charge in [-0.05, 0) is 75.3 Å². The van der Waals surface area contributed by atoms with Gasteiger partial charge >= 0.3 is 0 Å². The minimum atomic E-state index is -0.306. The van der Waals surface area contributed by atoms with Crippen molar-refractivity contribution in [1.29, 1.82) is 0 Å². The Morgan fingerprint density at radius 1 is 1.11 bits per heavy atom. The Bertz CT molecular complexity index is 790. The number of likely N-dealkylation sites (N-methyl/N-ethyl adjacent to an activating group) is 1. The molecule has 28 heavy (non-hydrogen) atoms. The lowest BCUT2D eigenvalue weighted by Gasteiger charge is -2.25. The molecular weight excluding hydrogens is 356 g/mol. The van der Waals surface area contributed by atoms with Gasteiger partial charge in [0.1, 0.15) is 5.75 Å². The zero-order valence-electron chi connectivity index (χ0n) is 17.5. The zero-order chi connectivity index (χ0) is 20.7. The molecule has 2 aromatic rings. The van der Waals surface area contributed by atoms with Crippen LogP contribution in [0.15, 0.2) is 36.4 Å². The minimum absolute atomic E-state index is 0.0650. The fourth-order valence-electron chi connectivity index (χ4n) is 2.85. The maximum absolute atomic E-state index is 12.6. The van der Waals surface area contributed by atoms with E-state index in [1.54, 1.807) is 14.2 Å². The Morgan fingerprint density at radius 2 is 1.71 bits per heavy atom.